The Bertz CT molecular complexity index is 1160. The molecule has 192 valence electrons. The molecular weight excluding hydrogens is 448 g/mol. The Kier molecular flexibility index (Phi) is 6.15. The minimum Gasteiger partial charge on any atom is -0.0812 e. The monoisotopic (exact) mass is 496 g/mol. The molecule has 3 aliphatic carbocycles. The van der Waals surface area contributed by atoms with Crippen molar-refractivity contribution in [1.29, 1.82) is 0 Å². The summed E-state index contributed by atoms with van der Waals surface area (Å²) < 4.78 is 0. The van der Waals surface area contributed by atoms with Crippen molar-refractivity contribution < 1.29 is 0 Å². The van der Waals surface area contributed by atoms with E-state index < -0.39 is 8.07 Å². The van der Waals surface area contributed by atoms with Crippen LogP contribution in [0.3, 0.4) is 0 Å². The minimum atomic E-state index is -1.32. The van der Waals surface area contributed by atoms with Crippen molar-refractivity contribution in [3.05, 3.63) is 81.6 Å². The maximum atomic E-state index is 2.68. The number of hydrogen-bond donors (Lipinski definition) is 0. The second-order valence-electron chi connectivity index (χ2n) is 15.0. The summed E-state index contributed by atoms with van der Waals surface area (Å²) in [6.07, 6.45) is 13.2. The highest BCUT2D eigenvalue weighted by atomic mass is 28.3. The van der Waals surface area contributed by atoms with Gasteiger partial charge in [-0.1, -0.05) is 140 Å². The van der Waals surface area contributed by atoms with Crippen molar-refractivity contribution in [2.24, 2.45) is 5.41 Å². The van der Waals surface area contributed by atoms with Crippen LogP contribution in [-0.4, -0.2) is 8.07 Å². The van der Waals surface area contributed by atoms with E-state index in [1.807, 2.05) is 0 Å². The third-order valence-electron chi connectivity index (χ3n) is 9.43. The zero-order valence-electron chi connectivity index (χ0n) is 24.4. The van der Waals surface area contributed by atoms with Crippen molar-refractivity contribution in [3.8, 4) is 11.1 Å². The van der Waals surface area contributed by atoms with Crippen LogP contribution < -0.4 is 0 Å². The Morgan fingerprint density at radius 2 is 1.22 bits per heavy atom. The second-order valence-corrected chi connectivity index (χ2v) is 20.1. The fourth-order valence-electron chi connectivity index (χ4n) is 7.15. The van der Waals surface area contributed by atoms with Crippen molar-refractivity contribution in [2.45, 2.75) is 116 Å². The largest absolute Gasteiger partial charge is 0.0812 e. The summed E-state index contributed by atoms with van der Waals surface area (Å²) in [5, 5.41) is 1.67. The standard InChI is InChI=1S/C35H48Si/c1-33(2,3)24-14-17-28-30(22-24)31-23-25(34(4,5)6)15-18-29(31)32(28)35(19-11-10-12-20-35)26-13-16-27(21-26)36(7,8)9/h14-18,21-23,32H,10-13,19-20H2,1-9H3. The molecule has 0 heterocycles. The molecule has 3 aliphatic rings. The highest BCUT2D eigenvalue weighted by Gasteiger charge is 2.49. The lowest BCUT2D eigenvalue weighted by atomic mass is 9.59. The van der Waals surface area contributed by atoms with Gasteiger partial charge in [-0.2, -0.15) is 0 Å². The number of hydrogen-bond acceptors (Lipinski definition) is 0. The SMILES string of the molecule is CC(C)(C)c1ccc2c(c1)-c1cc(C(C)(C)C)ccc1C2C1(C2=CC([Si](C)(C)C)=CC2)CCCCC1. The topological polar surface area (TPSA) is 0 Å². The molecule has 1 heteroatoms. The maximum absolute atomic E-state index is 2.68. The van der Waals surface area contributed by atoms with Gasteiger partial charge in [0.25, 0.3) is 0 Å². The Balaban J connectivity index is 1.73. The first kappa shape index (κ1) is 25.8. The fraction of sp³-hybridized carbons (Fsp3) is 0.543. The predicted molar refractivity (Wildman–Crippen MR) is 161 cm³/mol. The third-order valence-corrected chi connectivity index (χ3v) is 11.5. The van der Waals surface area contributed by atoms with Crippen LogP contribution in [0.2, 0.25) is 19.6 Å². The van der Waals surface area contributed by atoms with E-state index in [-0.39, 0.29) is 16.2 Å². The van der Waals surface area contributed by atoms with E-state index in [1.54, 1.807) is 21.9 Å². The molecule has 0 atom stereocenters. The lowest BCUT2D eigenvalue weighted by Crippen LogP contribution is -2.33. The van der Waals surface area contributed by atoms with Gasteiger partial charge in [0.2, 0.25) is 0 Å². The summed E-state index contributed by atoms with van der Waals surface area (Å²) in [6.45, 7) is 21.6. The highest BCUT2D eigenvalue weighted by Crippen LogP contribution is 2.62. The normalized spacial score (nSPS) is 20.1. The predicted octanol–water partition coefficient (Wildman–Crippen LogP) is 10.5. The molecule has 0 aliphatic heterocycles. The molecule has 0 N–H and O–H groups in total. The summed E-state index contributed by atoms with van der Waals surface area (Å²) in [6, 6.07) is 15.0. The quantitative estimate of drug-likeness (QED) is 0.371. The molecule has 0 amide bonds. The van der Waals surface area contributed by atoms with Crippen molar-refractivity contribution in [1.82, 2.24) is 0 Å². The van der Waals surface area contributed by atoms with E-state index >= 15 is 0 Å². The van der Waals surface area contributed by atoms with Gasteiger partial charge in [-0.25, -0.2) is 0 Å². The summed E-state index contributed by atoms with van der Waals surface area (Å²) >= 11 is 0. The molecule has 2 aromatic carbocycles. The fourth-order valence-corrected chi connectivity index (χ4v) is 8.47. The molecule has 1 fully saturated rings. The smallest absolute Gasteiger partial charge is 0.0771 e. The van der Waals surface area contributed by atoms with Gasteiger partial charge in [0.05, 0.1) is 8.07 Å². The zero-order valence-corrected chi connectivity index (χ0v) is 25.4. The van der Waals surface area contributed by atoms with Crippen LogP contribution in [-0.2, 0) is 10.8 Å². The molecule has 0 saturated heterocycles. The molecule has 5 rings (SSSR count). The lowest BCUT2D eigenvalue weighted by Gasteiger charge is -2.45. The Morgan fingerprint density at radius 1 is 0.722 bits per heavy atom. The van der Waals surface area contributed by atoms with E-state index in [9.17, 15) is 0 Å². The number of fused-ring (bicyclic) bond motifs is 3. The average Bonchev–Trinajstić information content (AvgIpc) is 3.42. The van der Waals surface area contributed by atoms with Crippen LogP contribution in [0.5, 0.6) is 0 Å². The van der Waals surface area contributed by atoms with E-state index in [0.717, 1.165) is 0 Å². The Labute approximate surface area is 222 Å². The molecule has 0 spiro atoms. The lowest BCUT2D eigenvalue weighted by molar-refractivity contribution is 0.209. The van der Waals surface area contributed by atoms with E-state index in [0.29, 0.717) is 5.92 Å². The van der Waals surface area contributed by atoms with Crippen LogP contribution >= 0.6 is 0 Å². The molecule has 0 radical (unpaired) electrons. The Morgan fingerprint density at radius 3 is 1.64 bits per heavy atom. The Hall–Kier alpha value is -1.86. The van der Waals surface area contributed by atoms with Gasteiger partial charge in [-0.05, 0) is 63.5 Å². The molecule has 0 aromatic heterocycles. The van der Waals surface area contributed by atoms with E-state index in [1.165, 1.54) is 60.8 Å². The molecule has 0 unspecified atom stereocenters. The second kappa shape index (κ2) is 8.59. The summed E-state index contributed by atoms with van der Waals surface area (Å²) in [5.41, 5.74) is 11.4. The molecular formula is C35H48Si. The average molecular weight is 497 g/mol. The first-order valence-electron chi connectivity index (χ1n) is 14.4. The number of rotatable bonds is 3. The number of allylic oxidation sites excluding steroid dienone is 4. The van der Waals surface area contributed by atoms with Crippen LogP contribution in [0.4, 0.5) is 0 Å². The van der Waals surface area contributed by atoms with E-state index in [4.69, 9.17) is 0 Å². The van der Waals surface area contributed by atoms with Gasteiger partial charge in [-0.3, -0.25) is 0 Å². The summed E-state index contributed by atoms with van der Waals surface area (Å²) in [4.78, 5) is 0. The summed E-state index contributed by atoms with van der Waals surface area (Å²) in [5.74, 6) is 0.478. The van der Waals surface area contributed by atoms with Crippen molar-refractivity contribution in [3.63, 3.8) is 0 Å². The van der Waals surface area contributed by atoms with E-state index in [2.05, 4.69) is 110 Å². The molecule has 0 nitrogen and oxygen atoms in total. The van der Waals surface area contributed by atoms with Gasteiger partial charge in [0.15, 0.2) is 0 Å². The minimum absolute atomic E-state index is 0.154. The first-order valence-corrected chi connectivity index (χ1v) is 17.9. The van der Waals surface area contributed by atoms with Crippen molar-refractivity contribution in [2.75, 3.05) is 0 Å². The maximum Gasteiger partial charge on any atom is 0.0771 e. The van der Waals surface area contributed by atoms with Gasteiger partial charge in [-0.15, -0.1) is 0 Å². The van der Waals surface area contributed by atoms with Crippen LogP contribution in [0, 0.1) is 5.41 Å². The molecule has 0 bridgehead atoms. The van der Waals surface area contributed by atoms with Crippen LogP contribution in [0.15, 0.2) is 59.3 Å². The van der Waals surface area contributed by atoms with Crippen LogP contribution in [0.1, 0.15) is 108 Å². The molecule has 36 heavy (non-hydrogen) atoms. The summed E-state index contributed by atoms with van der Waals surface area (Å²) in [7, 11) is -1.32. The number of benzene rings is 2. The first-order chi connectivity index (χ1) is 16.7. The molecule has 1 saturated carbocycles. The van der Waals surface area contributed by atoms with Crippen LogP contribution in [0.25, 0.3) is 11.1 Å². The van der Waals surface area contributed by atoms with Gasteiger partial charge in [0, 0.05) is 11.3 Å². The van der Waals surface area contributed by atoms with Gasteiger partial charge in [0.1, 0.15) is 0 Å². The third kappa shape index (κ3) is 4.30. The van der Waals surface area contributed by atoms with Gasteiger partial charge < -0.3 is 0 Å². The zero-order chi connectivity index (χ0) is 26.1. The van der Waals surface area contributed by atoms with Crippen molar-refractivity contribution >= 4 is 8.07 Å². The highest BCUT2D eigenvalue weighted by molar-refractivity contribution is 6.83. The van der Waals surface area contributed by atoms with Gasteiger partial charge >= 0.3 is 0 Å². The molecule has 2 aromatic rings.